The average Bonchev–Trinajstić information content (AvgIpc) is 1.98. The van der Waals surface area contributed by atoms with E-state index in [0.717, 1.165) is 0 Å². The van der Waals surface area contributed by atoms with E-state index in [1.54, 1.807) is 0 Å². The second-order valence-corrected chi connectivity index (χ2v) is 2.97. The highest BCUT2D eigenvalue weighted by Crippen LogP contribution is 1.94. The van der Waals surface area contributed by atoms with Crippen LogP contribution in [0.2, 0.25) is 0 Å². The number of nitrogens with two attached hydrogens (primary N) is 1. The molecule has 5 nitrogen and oxygen atoms in total. The van der Waals surface area contributed by atoms with Crippen LogP contribution in [0, 0.1) is 0 Å². The second kappa shape index (κ2) is 5.55. The van der Waals surface area contributed by atoms with Crippen molar-refractivity contribution in [2.24, 2.45) is 5.73 Å². The summed E-state index contributed by atoms with van der Waals surface area (Å²) in [5.41, 5.74) is 5.24. The quantitative estimate of drug-likeness (QED) is 0.574. The van der Waals surface area contributed by atoms with E-state index in [9.17, 15) is 9.59 Å². The molecule has 1 amide bonds. The topological polar surface area (TPSA) is 92.4 Å². The Morgan fingerprint density at radius 2 is 2.15 bits per heavy atom. The van der Waals surface area contributed by atoms with Gasteiger partial charge in [0.1, 0.15) is 0 Å². The molecule has 0 radical (unpaired) electrons. The number of nitrogens with one attached hydrogen (secondary N) is 1. The van der Waals surface area contributed by atoms with Gasteiger partial charge in [0.15, 0.2) is 0 Å². The Bertz CT molecular complexity index is 230. The summed E-state index contributed by atoms with van der Waals surface area (Å²) in [6.45, 7) is 3.43. The van der Waals surface area contributed by atoms with Crippen LogP contribution in [0.25, 0.3) is 0 Å². The van der Waals surface area contributed by atoms with E-state index in [4.69, 9.17) is 22.4 Å². The number of hydrogen-bond acceptors (Lipinski definition) is 3. The molecule has 0 rings (SSSR count). The van der Waals surface area contributed by atoms with E-state index in [1.807, 2.05) is 0 Å². The molecule has 4 N–H and O–H groups in total. The number of rotatable bonds is 5. The number of hydrogen-bond donors (Lipinski definition) is 3. The maximum absolute atomic E-state index is 11.0. The minimum Gasteiger partial charge on any atom is -0.481 e. The van der Waals surface area contributed by atoms with Gasteiger partial charge >= 0.3 is 5.97 Å². The van der Waals surface area contributed by atoms with Crippen LogP contribution in [-0.4, -0.2) is 29.6 Å². The van der Waals surface area contributed by atoms with E-state index in [1.165, 1.54) is 0 Å². The van der Waals surface area contributed by atoms with E-state index >= 15 is 0 Å². The van der Waals surface area contributed by atoms with Crippen molar-refractivity contribution in [3.63, 3.8) is 0 Å². The first-order chi connectivity index (χ1) is 5.93. The predicted octanol–water partition coefficient (Wildman–Crippen LogP) is -0.343. The highest BCUT2D eigenvalue weighted by atomic mass is 35.5. The predicted molar refractivity (Wildman–Crippen MR) is 48.2 cm³/mol. The molecule has 0 aromatic carbocycles. The van der Waals surface area contributed by atoms with Crippen LogP contribution < -0.4 is 11.1 Å². The van der Waals surface area contributed by atoms with E-state index in [0.29, 0.717) is 0 Å². The molecular weight excluding hydrogens is 196 g/mol. The first-order valence-corrected chi connectivity index (χ1v) is 3.89. The molecule has 0 aliphatic carbocycles. The van der Waals surface area contributed by atoms with Gasteiger partial charge in [-0.05, 0) is 0 Å². The first-order valence-electron chi connectivity index (χ1n) is 3.52. The third-order valence-electron chi connectivity index (χ3n) is 1.19. The summed E-state index contributed by atoms with van der Waals surface area (Å²) < 4.78 is 0. The standard InChI is InChI=1S/C7H11ClN2O3/c1-4(8)3-10-7(13)5(9)2-6(11)12/h5H,1-3,9H2,(H,10,13)(H,11,12). The lowest BCUT2D eigenvalue weighted by atomic mass is 10.2. The Morgan fingerprint density at radius 1 is 1.62 bits per heavy atom. The number of carbonyl (C=O) groups excluding carboxylic acids is 1. The summed E-state index contributed by atoms with van der Waals surface area (Å²) in [4.78, 5) is 21.1. The van der Waals surface area contributed by atoms with Crippen LogP contribution in [0.3, 0.4) is 0 Å². The van der Waals surface area contributed by atoms with Crippen molar-refractivity contribution in [3.05, 3.63) is 11.6 Å². The minimum atomic E-state index is -1.12. The van der Waals surface area contributed by atoms with E-state index < -0.39 is 24.3 Å². The fourth-order valence-corrected chi connectivity index (χ4v) is 0.662. The highest BCUT2D eigenvalue weighted by Gasteiger charge is 2.16. The van der Waals surface area contributed by atoms with Crippen molar-refractivity contribution in [3.8, 4) is 0 Å². The van der Waals surface area contributed by atoms with Crippen LogP contribution in [0.5, 0.6) is 0 Å². The van der Waals surface area contributed by atoms with Crippen molar-refractivity contribution >= 4 is 23.5 Å². The summed E-state index contributed by atoms with van der Waals surface area (Å²) in [6.07, 6.45) is -0.402. The van der Waals surface area contributed by atoms with Gasteiger partial charge in [0.2, 0.25) is 5.91 Å². The van der Waals surface area contributed by atoms with Crippen LogP contribution in [-0.2, 0) is 9.59 Å². The SMILES string of the molecule is C=C(Cl)CNC(=O)C(N)CC(=O)O. The van der Waals surface area contributed by atoms with Crippen molar-refractivity contribution in [1.82, 2.24) is 5.32 Å². The summed E-state index contributed by atoms with van der Waals surface area (Å²) in [5, 5.41) is 10.9. The van der Waals surface area contributed by atoms with Gasteiger partial charge in [-0.3, -0.25) is 9.59 Å². The van der Waals surface area contributed by atoms with Crippen LogP contribution in [0.15, 0.2) is 11.6 Å². The summed E-state index contributed by atoms with van der Waals surface area (Å²) in [5.74, 6) is -1.67. The first kappa shape index (κ1) is 11.9. The van der Waals surface area contributed by atoms with Crippen molar-refractivity contribution in [1.29, 1.82) is 0 Å². The largest absolute Gasteiger partial charge is 0.481 e. The maximum atomic E-state index is 11.0. The van der Waals surface area contributed by atoms with Gasteiger partial charge in [0, 0.05) is 5.03 Å². The van der Waals surface area contributed by atoms with Gasteiger partial charge < -0.3 is 16.2 Å². The molecule has 74 valence electrons. The smallest absolute Gasteiger partial charge is 0.305 e. The van der Waals surface area contributed by atoms with Gasteiger partial charge in [-0.25, -0.2) is 0 Å². The molecule has 0 heterocycles. The Kier molecular flexibility index (Phi) is 5.10. The van der Waals surface area contributed by atoms with Crippen molar-refractivity contribution in [2.75, 3.05) is 6.54 Å². The number of halogens is 1. The van der Waals surface area contributed by atoms with E-state index in [2.05, 4.69) is 11.9 Å². The zero-order valence-corrected chi connectivity index (χ0v) is 7.67. The molecule has 0 aliphatic heterocycles. The lowest BCUT2D eigenvalue weighted by Crippen LogP contribution is -2.42. The summed E-state index contributed by atoms with van der Waals surface area (Å²) in [6, 6.07) is -1.05. The van der Waals surface area contributed by atoms with Gasteiger partial charge in [-0.15, -0.1) is 0 Å². The Labute approximate surface area is 80.5 Å². The molecule has 6 heteroatoms. The van der Waals surface area contributed by atoms with Crippen molar-refractivity contribution < 1.29 is 14.7 Å². The molecule has 0 spiro atoms. The molecule has 1 unspecified atom stereocenters. The van der Waals surface area contributed by atoms with Gasteiger partial charge in [-0.2, -0.15) is 0 Å². The number of carboxylic acid groups (broad SMARTS) is 1. The second-order valence-electron chi connectivity index (χ2n) is 2.44. The van der Waals surface area contributed by atoms with Gasteiger partial charge in [0.25, 0.3) is 0 Å². The number of carboxylic acids is 1. The zero-order chi connectivity index (χ0) is 10.4. The van der Waals surface area contributed by atoms with Gasteiger partial charge in [-0.1, -0.05) is 18.2 Å². The van der Waals surface area contributed by atoms with Crippen LogP contribution in [0.4, 0.5) is 0 Å². The van der Waals surface area contributed by atoms with Crippen LogP contribution >= 0.6 is 11.6 Å². The molecular formula is C7H11ClN2O3. The average molecular weight is 207 g/mol. The molecule has 0 saturated carbocycles. The zero-order valence-electron chi connectivity index (χ0n) is 6.92. The molecule has 0 aromatic rings. The summed E-state index contributed by atoms with van der Waals surface area (Å²) >= 11 is 5.37. The Balaban J connectivity index is 3.82. The normalized spacial score (nSPS) is 11.8. The van der Waals surface area contributed by atoms with Gasteiger partial charge in [0.05, 0.1) is 19.0 Å². The Hall–Kier alpha value is -1.07. The lowest BCUT2D eigenvalue weighted by molar-refractivity contribution is -0.139. The number of carbonyl (C=O) groups is 2. The third kappa shape index (κ3) is 6.12. The molecule has 0 aliphatic rings. The molecule has 0 fully saturated rings. The molecule has 0 saturated heterocycles. The summed E-state index contributed by atoms with van der Waals surface area (Å²) in [7, 11) is 0. The monoisotopic (exact) mass is 206 g/mol. The Morgan fingerprint density at radius 3 is 2.54 bits per heavy atom. The fourth-order valence-electron chi connectivity index (χ4n) is 0.595. The van der Waals surface area contributed by atoms with Crippen LogP contribution in [0.1, 0.15) is 6.42 Å². The number of amides is 1. The molecule has 0 bridgehead atoms. The highest BCUT2D eigenvalue weighted by molar-refractivity contribution is 6.29. The maximum Gasteiger partial charge on any atom is 0.305 e. The fraction of sp³-hybridized carbons (Fsp3) is 0.429. The molecule has 0 aromatic heterocycles. The molecule has 13 heavy (non-hydrogen) atoms. The molecule has 1 atom stereocenters. The minimum absolute atomic E-state index is 0.0910. The third-order valence-corrected chi connectivity index (χ3v) is 1.32. The number of aliphatic carboxylic acids is 1. The lowest BCUT2D eigenvalue weighted by Gasteiger charge is -2.08. The van der Waals surface area contributed by atoms with E-state index in [-0.39, 0.29) is 11.6 Å². The van der Waals surface area contributed by atoms with Crippen molar-refractivity contribution in [2.45, 2.75) is 12.5 Å².